The molecule has 2 rings (SSSR count). The van der Waals surface area contributed by atoms with Crippen LogP contribution in [0, 0.1) is 9.39 Å². The second-order valence-corrected chi connectivity index (χ2v) is 5.65. The minimum absolute atomic E-state index is 0. The van der Waals surface area contributed by atoms with Crippen molar-refractivity contribution in [2.75, 3.05) is 20.1 Å². The lowest BCUT2D eigenvalue weighted by Gasteiger charge is -2.31. The van der Waals surface area contributed by atoms with Gasteiger partial charge in [-0.2, -0.15) is 0 Å². The van der Waals surface area contributed by atoms with E-state index in [1.807, 2.05) is 29.6 Å². The predicted octanol–water partition coefficient (Wildman–Crippen LogP) is 2.68. The van der Waals surface area contributed by atoms with Crippen molar-refractivity contribution in [2.45, 2.75) is 18.9 Å². The molecule has 1 aliphatic heterocycles. The summed E-state index contributed by atoms with van der Waals surface area (Å²) >= 11 is 1.92. The predicted molar refractivity (Wildman–Crippen MR) is 84.4 cm³/mol. The van der Waals surface area contributed by atoms with Gasteiger partial charge in [0.25, 0.3) is 5.91 Å². The molecule has 1 amide bonds. The molecule has 106 valence electrons. The summed E-state index contributed by atoms with van der Waals surface area (Å²) < 4.78 is 14.0. The van der Waals surface area contributed by atoms with E-state index in [4.69, 9.17) is 0 Å². The quantitative estimate of drug-likeness (QED) is 0.777. The largest absolute Gasteiger partial charge is 0.339 e. The van der Waals surface area contributed by atoms with Gasteiger partial charge in [-0.3, -0.25) is 4.79 Å². The van der Waals surface area contributed by atoms with Gasteiger partial charge in [-0.15, -0.1) is 12.4 Å². The van der Waals surface area contributed by atoms with Gasteiger partial charge < -0.3 is 10.2 Å². The SMILES string of the molecule is CNC1CCN(C(=O)c2ccc(I)c(F)c2)CC1.Cl. The van der Waals surface area contributed by atoms with Gasteiger partial charge in [-0.05, 0) is 60.7 Å². The van der Waals surface area contributed by atoms with Crippen LogP contribution in [0.1, 0.15) is 23.2 Å². The number of carbonyl (C=O) groups excluding carboxylic acids is 1. The maximum Gasteiger partial charge on any atom is 0.253 e. The number of likely N-dealkylation sites (tertiary alicyclic amines) is 1. The summed E-state index contributed by atoms with van der Waals surface area (Å²) in [5.41, 5.74) is 0.441. The highest BCUT2D eigenvalue weighted by atomic mass is 127. The fourth-order valence-corrected chi connectivity index (χ4v) is 2.52. The molecule has 1 aromatic carbocycles. The van der Waals surface area contributed by atoms with Gasteiger partial charge in [0.05, 0.1) is 0 Å². The van der Waals surface area contributed by atoms with Crippen LogP contribution >= 0.6 is 35.0 Å². The Kier molecular flexibility index (Phi) is 6.49. The highest BCUT2D eigenvalue weighted by molar-refractivity contribution is 14.1. The zero-order chi connectivity index (χ0) is 13.1. The molecule has 1 aliphatic rings. The van der Waals surface area contributed by atoms with Crippen LogP contribution in [0.3, 0.4) is 0 Å². The normalized spacial score (nSPS) is 16.1. The fraction of sp³-hybridized carbons (Fsp3) is 0.462. The molecule has 19 heavy (non-hydrogen) atoms. The number of benzene rings is 1. The van der Waals surface area contributed by atoms with Gasteiger partial charge in [0, 0.05) is 28.3 Å². The highest BCUT2D eigenvalue weighted by Gasteiger charge is 2.23. The molecule has 1 fully saturated rings. The van der Waals surface area contributed by atoms with Crippen LogP contribution in [0.15, 0.2) is 18.2 Å². The van der Waals surface area contributed by atoms with Gasteiger partial charge in [0.2, 0.25) is 0 Å². The number of nitrogens with one attached hydrogen (secondary N) is 1. The Hall–Kier alpha value is -0.400. The van der Waals surface area contributed by atoms with Gasteiger partial charge in [-0.25, -0.2) is 4.39 Å². The summed E-state index contributed by atoms with van der Waals surface area (Å²) in [5, 5.41) is 3.22. The molecule has 1 heterocycles. The van der Waals surface area contributed by atoms with Crippen molar-refractivity contribution < 1.29 is 9.18 Å². The number of hydrogen-bond acceptors (Lipinski definition) is 2. The standard InChI is InChI=1S/C13H16FIN2O.ClH/c1-16-10-4-6-17(7-5-10)13(18)9-2-3-12(15)11(14)8-9;/h2-3,8,10,16H,4-7H2,1H3;1H. The van der Waals surface area contributed by atoms with Crippen molar-refractivity contribution >= 4 is 40.9 Å². The summed E-state index contributed by atoms with van der Waals surface area (Å²) in [7, 11) is 1.94. The molecule has 0 radical (unpaired) electrons. The molecule has 1 saturated heterocycles. The molecular weight excluding hydrogens is 382 g/mol. The van der Waals surface area contributed by atoms with E-state index < -0.39 is 0 Å². The lowest BCUT2D eigenvalue weighted by molar-refractivity contribution is 0.0707. The highest BCUT2D eigenvalue weighted by Crippen LogP contribution is 2.17. The second kappa shape index (κ2) is 7.40. The van der Waals surface area contributed by atoms with Gasteiger partial charge in [0.1, 0.15) is 5.82 Å². The minimum Gasteiger partial charge on any atom is -0.339 e. The topological polar surface area (TPSA) is 32.3 Å². The van der Waals surface area contributed by atoms with Crippen molar-refractivity contribution in [2.24, 2.45) is 0 Å². The molecule has 0 saturated carbocycles. The molecule has 0 aromatic heterocycles. The molecule has 0 aliphatic carbocycles. The van der Waals surface area contributed by atoms with E-state index in [1.54, 1.807) is 17.0 Å². The molecule has 0 atom stereocenters. The third kappa shape index (κ3) is 4.03. The molecule has 0 spiro atoms. The summed E-state index contributed by atoms with van der Waals surface area (Å²) in [4.78, 5) is 14.0. The van der Waals surface area contributed by atoms with Gasteiger partial charge >= 0.3 is 0 Å². The maximum absolute atomic E-state index is 13.4. The minimum atomic E-state index is -0.327. The van der Waals surface area contributed by atoms with E-state index in [2.05, 4.69) is 5.32 Å². The number of nitrogens with zero attached hydrogens (tertiary/aromatic N) is 1. The summed E-state index contributed by atoms with van der Waals surface area (Å²) in [6.45, 7) is 1.47. The molecule has 0 unspecified atom stereocenters. The van der Waals surface area contributed by atoms with Gasteiger partial charge in [0.15, 0.2) is 0 Å². The van der Waals surface area contributed by atoms with Crippen LogP contribution in [-0.4, -0.2) is 37.0 Å². The molecule has 1 N–H and O–H groups in total. The van der Waals surface area contributed by atoms with Gasteiger partial charge in [-0.1, -0.05) is 0 Å². The van der Waals surface area contributed by atoms with Crippen LogP contribution in [0.25, 0.3) is 0 Å². The summed E-state index contributed by atoms with van der Waals surface area (Å²) in [6.07, 6.45) is 1.91. The van der Waals surface area contributed by atoms with Crippen LogP contribution in [0.2, 0.25) is 0 Å². The smallest absolute Gasteiger partial charge is 0.253 e. The van der Waals surface area contributed by atoms with Crippen molar-refractivity contribution in [1.82, 2.24) is 10.2 Å². The van der Waals surface area contributed by atoms with Crippen LogP contribution in [0.4, 0.5) is 4.39 Å². The summed E-state index contributed by atoms with van der Waals surface area (Å²) in [6, 6.07) is 5.15. The average molecular weight is 399 g/mol. The average Bonchev–Trinajstić information content (AvgIpc) is 2.41. The Morgan fingerprint density at radius 3 is 2.58 bits per heavy atom. The maximum atomic E-state index is 13.4. The van der Waals surface area contributed by atoms with Crippen molar-refractivity contribution in [1.29, 1.82) is 0 Å². The first kappa shape index (κ1) is 16.7. The van der Waals surface area contributed by atoms with E-state index >= 15 is 0 Å². The van der Waals surface area contributed by atoms with Crippen LogP contribution in [0.5, 0.6) is 0 Å². The first-order valence-electron chi connectivity index (χ1n) is 6.03. The Bertz CT molecular complexity index is 450. The third-order valence-electron chi connectivity index (χ3n) is 3.36. The Morgan fingerprint density at radius 1 is 1.42 bits per heavy atom. The first-order valence-corrected chi connectivity index (χ1v) is 7.11. The van der Waals surface area contributed by atoms with Crippen molar-refractivity contribution in [3.8, 4) is 0 Å². The third-order valence-corrected chi connectivity index (χ3v) is 4.23. The zero-order valence-corrected chi connectivity index (χ0v) is 13.6. The van der Waals surface area contributed by atoms with Crippen molar-refractivity contribution in [3.05, 3.63) is 33.1 Å². The summed E-state index contributed by atoms with van der Waals surface area (Å²) in [5.74, 6) is -0.397. The van der Waals surface area contributed by atoms with E-state index in [0.29, 0.717) is 15.2 Å². The Balaban J connectivity index is 0.00000180. The molecule has 6 heteroatoms. The number of hydrogen-bond donors (Lipinski definition) is 1. The van der Waals surface area contributed by atoms with E-state index in [9.17, 15) is 9.18 Å². The second-order valence-electron chi connectivity index (χ2n) is 4.48. The molecule has 1 aromatic rings. The first-order chi connectivity index (χ1) is 8.61. The monoisotopic (exact) mass is 398 g/mol. The van der Waals surface area contributed by atoms with E-state index in [-0.39, 0.29) is 24.1 Å². The number of halogens is 3. The zero-order valence-electron chi connectivity index (χ0n) is 10.7. The Morgan fingerprint density at radius 2 is 2.05 bits per heavy atom. The van der Waals surface area contributed by atoms with E-state index in [1.165, 1.54) is 6.07 Å². The van der Waals surface area contributed by atoms with Crippen LogP contribution in [-0.2, 0) is 0 Å². The van der Waals surface area contributed by atoms with Crippen molar-refractivity contribution in [3.63, 3.8) is 0 Å². The lowest BCUT2D eigenvalue weighted by atomic mass is 10.0. The fourth-order valence-electron chi connectivity index (χ4n) is 2.18. The van der Waals surface area contributed by atoms with Crippen LogP contribution < -0.4 is 5.32 Å². The number of carbonyl (C=O) groups is 1. The Labute approximate surface area is 132 Å². The number of rotatable bonds is 2. The lowest BCUT2D eigenvalue weighted by Crippen LogP contribution is -2.43. The van der Waals surface area contributed by atoms with E-state index in [0.717, 1.165) is 25.9 Å². The molecular formula is C13H17ClFIN2O. The number of amides is 1. The molecule has 0 bridgehead atoms. The number of piperidine rings is 1. The molecule has 3 nitrogen and oxygen atoms in total.